The summed E-state index contributed by atoms with van der Waals surface area (Å²) >= 11 is 12.0. The Kier molecular flexibility index (Phi) is 6.04. The van der Waals surface area contributed by atoms with Gasteiger partial charge in [-0.2, -0.15) is 5.10 Å². The van der Waals surface area contributed by atoms with E-state index in [4.69, 9.17) is 37.8 Å². The lowest BCUT2D eigenvalue weighted by molar-refractivity contribution is -0.144. The fourth-order valence-electron chi connectivity index (χ4n) is 1.96. The van der Waals surface area contributed by atoms with Crippen molar-refractivity contribution < 1.29 is 33.0 Å². The van der Waals surface area contributed by atoms with Gasteiger partial charge in [0, 0.05) is 13.1 Å². The molecule has 0 saturated heterocycles. The lowest BCUT2D eigenvalue weighted by atomic mass is 10.2. The fourth-order valence-corrected chi connectivity index (χ4v) is 2.43. The van der Waals surface area contributed by atoms with Crippen molar-refractivity contribution in [2.24, 2.45) is 7.05 Å². The van der Waals surface area contributed by atoms with Crippen molar-refractivity contribution in [1.82, 2.24) is 9.78 Å². The van der Waals surface area contributed by atoms with E-state index in [0.29, 0.717) is 0 Å². The second kappa shape index (κ2) is 7.88. The standard InChI is InChI=1S/C15H12Cl2F2N2O5/c1-6(15(23)24)25-10-4-11(9(17)3-8(10)16)26-14-7(5-22)12(13(18)19)20-21(14)2/h3-6,13H,1-2H3,(H,23,24)/t6-/m0/s1. The molecule has 1 N–H and O–H groups in total. The molecule has 1 aromatic heterocycles. The number of hydrogen-bond donors (Lipinski definition) is 1. The summed E-state index contributed by atoms with van der Waals surface area (Å²) in [6.45, 7) is 1.29. The van der Waals surface area contributed by atoms with Crippen LogP contribution in [0.1, 0.15) is 29.4 Å². The van der Waals surface area contributed by atoms with E-state index >= 15 is 0 Å². The third-order valence-electron chi connectivity index (χ3n) is 3.23. The summed E-state index contributed by atoms with van der Waals surface area (Å²) < 4.78 is 37.5. The summed E-state index contributed by atoms with van der Waals surface area (Å²) in [6, 6.07) is 2.42. The van der Waals surface area contributed by atoms with Gasteiger partial charge in [-0.05, 0) is 13.0 Å². The third kappa shape index (κ3) is 4.05. The van der Waals surface area contributed by atoms with E-state index in [1.165, 1.54) is 26.1 Å². The number of benzene rings is 1. The van der Waals surface area contributed by atoms with Gasteiger partial charge in [-0.25, -0.2) is 18.3 Å². The Labute approximate surface area is 156 Å². The molecular weight excluding hydrogens is 397 g/mol. The van der Waals surface area contributed by atoms with Crippen LogP contribution in [0.5, 0.6) is 17.4 Å². The summed E-state index contributed by atoms with van der Waals surface area (Å²) in [6.07, 6.45) is -4.00. The predicted molar refractivity (Wildman–Crippen MR) is 87.8 cm³/mol. The van der Waals surface area contributed by atoms with E-state index in [1.54, 1.807) is 0 Å². The molecule has 2 aromatic rings. The fraction of sp³-hybridized carbons (Fsp3) is 0.267. The summed E-state index contributed by atoms with van der Waals surface area (Å²) in [5.74, 6) is -1.63. The molecular formula is C15H12Cl2F2N2O5. The van der Waals surface area contributed by atoms with Gasteiger partial charge in [0.15, 0.2) is 18.1 Å². The van der Waals surface area contributed by atoms with Crippen LogP contribution >= 0.6 is 23.2 Å². The number of carboxylic acids is 1. The highest BCUT2D eigenvalue weighted by atomic mass is 35.5. The number of aromatic nitrogens is 2. The highest BCUT2D eigenvalue weighted by Crippen LogP contribution is 2.40. The van der Waals surface area contributed by atoms with Gasteiger partial charge in [0.1, 0.15) is 17.0 Å². The van der Waals surface area contributed by atoms with E-state index in [9.17, 15) is 18.4 Å². The molecule has 140 valence electrons. The Balaban J connectivity index is 2.44. The maximum Gasteiger partial charge on any atom is 0.344 e. The van der Waals surface area contributed by atoms with Gasteiger partial charge in [0.2, 0.25) is 5.88 Å². The van der Waals surface area contributed by atoms with Crippen molar-refractivity contribution in [1.29, 1.82) is 0 Å². The average molecular weight is 409 g/mol. The first kappa shape index (κ1) is 19.9. The largest absolute Gasteiger partial charge is 0.479 e. The number of aldehydes is 1. The smallest absolute Gasteiger partial charge is 0.344 e. The van der Waals surface area contributed by atoms with E-state index in [1.807, 2.05) is 0 Å². The number of halogens is 4. The topological polar surface area (TPSA) is 90.7 Å². The number of alkyl halides is 2. The predicted octanol–water partition coefficient (Wildman–Crippen LogP) is 4.12. The van der Waals surface area contributed by atoms with Crippen molar-refractivity contribution >= 4 is 35.5 Å². The number of ether oxygens (including phenoxy) is 2. The number of nitrogens with zero attached hydrogens (tertiary/aromatic N) is 2. The lowest BCUT2D eigenvalue weighted by Gasteiger charge is -2.15. The second-order valence-corrected chi connectivity index (χ2v) is 5.87. The minimum atomic E-state index is -2.98. The van der Waals surface area contributed by atoms with Crippen LogP contribution in [-0.4, -0.2) is 33.2 Å². The summed E-state index contributed by atoms with van der Waals surface area (Å²) in [7, 11) is 1.31. The molecule has 0 saturated carbocycles. The van der Waals surface area contributed by atoms with Crippen LogP contribution in [0.15, 0.2) is 12.1 Å². The molecule has 0 amide bonds. The zero-order valence-corrected chi connectivity index (χ0v) is 14.9. The second-order valence-electron chi connectivity index (χ2n) is 5.06. The summed E-state index contributed by atoms with van der Waals surface area (Å²) in [5.41, 5.74) is -1.17. The van der Waals surface area contributed by atoms with Crippen molar-refractivity contribution in [3.63, 3.8) is 0 Å². The van der Waals surface area contributed by atoms with Crippen LogP contribution in [0, 0.1) is 0 Å². The molecule has 0 fully saturated rings. The SMILES string of the molecule is C[C@H](Oc1cc(Oc2c(C=O)c(C(F)F)nn2C)c(Cl)cc1Cl)C(=O)O. The first-order chi connectivity index (χ1) is 12.1. The molecule has 0 aliphatic carbocycles. The minimum absolute atomic E-state index is 0.0121. The van der Waals surface area contributed by atoms with E-state index < -0.39 is 29.8 Å². The van der Waals surface area contributed by atoms with E-state index in [-0.39, 0.29) is 33.7 Å². The zero-order chi connectivity index (χ0) is 19.6. The molecule has 0 radical (unpaired) electrons. The van der Waals surface area contributed by atoms with E-state index in [2.05, 4.69) is 5.10 Å². The number of aryl methyl sites for hydroxylation is 1. The molecule has 7 nitrogen and oxygen atoms in total. The van der Waals surface area contributed by atoms with Crippen LogP contribution in [0.2, 0.25) is 10.0 Å². The number of aliphatic carboxylic acids is 1. The van der Waals surface area contributed by atoms with Crippen molar-refractivity contribution in [2.45, 2.75) is 19.5 Å². The molecule has 0 aliphatic heterocycles. The van der Waals surface area contributed by atoms with Crippen molar-refractivity contribution in [3.05, 3.63) is 33.4 Å². The summed E-state index contributed by atoms with van der Waals surface area (Å²) in [5, 5.41) is 12.5. The number of hydrogen-bond acceptors (Lipinski definition) is 5. The normalized spacial score (nSPS) is 12.1. The van der Waals surface area contributed by atoms with Gasteiger partial charge >= 0.3 is 5.97 Å². The van der Waals surface area contributed by atoms with Crippen LogP contribution in [-0.2, 0) is 11.8 Å². The zero-order valence-electron chi connectivity index (χ0n) is 13.4. The number of carbonyl (C=O) groups excluding carboxylic acids is 1. The Morgan fingerprint density at radius 3 is 2.46 bits per heavy atom. The van der Waals surface area contributed by atoms with E-state index in [0.717, 1.165) is 4.68 Å². The van der Waals surface area contributed by atoms with Gasteiger partial charge in [-0.15, -0.1) is 0 Å². The molecule has 1 atom stereocenters. The molecule has 11 heteroatoms. The van der Waals surface area contributed by atoms with Gasteiger partial charge in [-0.3, -0.25) is 4.79 Å². The van der Waals surface area contributed by atoms with Crippen molar-refractivity contribution in [2.75, 3.05) is 0 Å². The molecule has 0 spiro atoms. The average Bonchev–Trinajstić information content (AvgIpc) is 2.87. The molecule has 2 rings (SSSR count). The molecule has 0 unspecified atom stereocenters. The maximum atomic E-state index is 13.0. The first-order valence-electron chi connectivity index (χ1n) is 7.02. The number of rotatable bonds is 7. The summed E-state index contributed by atoms with van der Waals surface area (Å²) in [4.78, 5) is 22.1. The van der Waals surface area contributed by atoms with Crippen LogP contribution in [0.3, 0.4) is 0 Å². The Bertz CT molecular complexity index is 857. The Morgan fingerprint density at radius 1 is 1.31 bits per heavy atom. The third-order valence-corrected chi connectivity index (χ3v) is 3.82. The minimum Gasteiger partial charge on any atom is -0.479 e. The molecule has 26 heavy (non-hydrogen) atoms. The Morgan fingerprint density at radius 2 is 1.92 bits per heavy atom. The molecule has 0 bridgehead atoms. The van der Waals surface area contributed by atoms with Crippen LogP contribution in [0.4, 0.5) is 8.78 Å². The van der Waals surface area contributed by atoms with Crippen LogP contribution in [0.25, 0.3) is 0 Å². The molecule has 0 aliphatic rings. The lowest BCUT2D eigenvalue weighted by Crippen LogP contribution is -2.23. The monoisotopic (exact) mass is 408 g/mol. The number of carboxylic acid groups (broad SMARTS) is 1. The highest BCUT2D eigenvalue weighted by molar-refractivity contribution is 6.36. The van der Waals surface area contributed by atoms with Gasteiger partial charge in [-0.1, -0.05) is 23.2 Å². The molecule has 1 heterocycles. The van der Waals surface area contributed by atoms with Gasteiger partial charge in [0.25, 0.3) is 6.43 Å². The van der Waals surface area contributed by atoms with Gasteiger partial charge < -0.3 is 14.6 Å². The van der Waals surface area contributed by atoms with Crippen LogP contribution < -0.4 is 9.47 Å². The maximum absolute atomic E-state index is 13.0. The quantitative estimate of drug-likeness (QED) is 0.692. The Hall–Kier alpha value is -2.39. The number of carbonyl (C=O) groups is 2. The molecule has 1 aromatic carbocycles. The van der Waals surface area contributed by atoms with Crippen molar-refractivity contribution in [3.8, 4) is 17.4 Å². The van der Waals surface area contributed by atoms with Gasteiger partial charge in [0.05, 0.1) is 10.0 Å². The first-order valence-corrected chi connectivity index (χ1v) is 7.77. The highest BCUT2D eigenvalue weighted by Gasteiger charge is 2.25.